The number of nitrogens with one attached hydrogen (secondary N) is 2. The Kier molecular flexibility index (Phi) is 3.93. The summed E-state index contributed by atoms with van der Waals surface area (Å²) >= 11 is 0. The molecule has 0 atom stereocenters. The second-order valence-corrected chi connectivity index (χ2v) is 4.11. The highest BCUT2D eigenvalue weighted by Crippen LogP contribution is 2.24. The third-order valence-corrected chi connectivity index (χ3v) is 2.52. The van der Waals surface area contributed by atoms with Crippen molar-refractivity contribution in [2.24, 2.45) is 0 Å². The van der Waals surface area contributed by atoms with Gasteiger partial charge in [0.2, 0.25) is 5.91 Å². The minimum absolute atomic E-state index is 0.170. The first-order valence-electron chi connectivity index (χ1n) is 5.75. The van der Waals surface area contributed by atoms with Crippen molar-refractivity contribution in [1.82, 2.24) is 0 Å². The van der Waals surface area contributed by atoms with Gasteiger partial charge < -0.3 is 10.6 Å². The SMILES string of the molecule is CC(=O)Nc1ccc(Nc2ccc(F)c(F)c2F)cc1. The molecule has 0 heterocycles. The van der Waals surface area contributed by atoms with Gasteiger partial charge in [-0.2, -0.15) is 0 Å². The Bertz CT molecular complexity index is 642. The smallest absolute Gasteiger partial charge is 0.221 e. The Morgan fingerprint density at radius 2 is 1.50 bits per heavy atom. The lowest BCUT2D eigenvalue weighted by atomic mass is 10.2. The molecule has 2 N–H and O–H groups in total. The van der Waals surface area contributed by atoms with Gasteiger partial charge in [0.15, 0.2) is 17.5 Å². The lowest BCUT2D eigenvalue weighted by Crippen LogP contribution is -2.05. The van der Waals surface area contributed by atoms with Gasteiger partial charge in [-0.1, -0.05) is 0 Å². The first kappa shape index (κ1) is 13.9. The lowest BCUT2D eigenvalue weighted by molar-refractivity contribution is -0.114. The summed E-state index contributed by atoms with van der Waals surface area (Å²) in [7, 11) is 0. The molecule has 0 aromatic heterocycles. The third-order valence-electron chi connectivity index (χ3n) is 2.52. The summed E-state index contributed by atoms with van der Waals surface area (Å²) < 4.78 is 39.3. The van der Waals surface area contributed by atoms with E-state index in [1.54, 1.807) is 24.3 Å². The van der Waals surface area contributed by atoms with Crippen LogP contribution in [0.2, 0.25) is 0 Å². The van der Waals surface area contributed by atoms with Crippen molar-refractivity contribution in [3.63, 3.8) is 0 Å². The highest BCUT2D eigenvalue weighted by Gasteiger charge is 2.13. The Balaban J connectivity index is 2.18. The maximum Gasteiger partial charge on any atom is 0.221 e. The van der Waals surface area contributed by atoms with Crippen molar-refractivity contribution in [3.05, 3.63) is 53.8 Å². The van der Waals surface area contributed by atoms with Gasteiger partial charge in [0.05, 0.1) is 5.69 Å². The molecule has 20 heavy (non-hydrogen) atoms. The molecule has 0 aliphatic rings. The third kappa shape index (κ3) is 3.09. The van der Waals surface area contributed by atoms with Gasteiger partial charge in [-0.15, -0.1) is 0 Å². The fourth-order valence-electron chi connectivity index (χ4n) is 1.62. The zero-order chi connectivity index (χ0) is 14.7. The minimum atomic E-state index is -1.52. The van der Waals surface area contributed by atoms with E-state index in [0.29, 0.717) is 11.4 Å². The molecular weight excluding hydrogens is 269 g/mol. The number of anilines is 3. The van der Waals surface area contributed by atoms with Crippen molar-refractivity contribution < 1.29 is 18.0 Å². The summed E-state index contributed by atoms with van der Waals surface area (Å²) in [5.41, 5.74) is 0.883. The van der Waals surface area contributed by atoms with Crippen LogP contribution >= 0.6 is 0 Å². The summed E-state index contributed by atoms with van der Waals surface area (Å²) in [6.45, 7) is 1.38. The van der Waals surface area contributed by atoms with Crippen LogP contribution in [0.1, 0.15) is 6.92 Å². The number of hydrogen-bond acceptors (Lipinski definition) is 2. The summed E-state index contributed by atoms with van der Waals surface area (Å²) in [5.74, 6) is -4.26. The number of amides is 1. The van der Waals surface area contributed by atoms with E-state index in [2.05, 4.69) is 10.6 Å². The van der Waals surface area contributed by atoms with Crippen molar-refractivity contribution in [2.45, 2.75) is 6.92 Å². The molecule has 3 nitrogen and oxygen atoms in total. The van der Waals surface area contributed by atoms with Crippen LogP contribution in [0, 0.1) is 17.5 Å². The Morgan fingerprint density at radius 1 is 0.900 bits per heavy atom. The fourth-order valence-corrected chi connectivity index (χ4v) is 1.62. The van der Waals surface area contributed by atoms with E-state index < -0.39 is 17.5 Å². The number of carbonyl (C=O) groups excluding carboxylic acids is 1. The Labute approximate surface area is 113 Å². The Morgan fingerprint density at radius 3 is 2.10 bits per heavy atom. The van der Waals surface area contributed by atoms with Gasteiger partial charge in [0.1, 0.15) is 0 Å². The highest BCUT2D eigenvalue weighted by atomic mass is 19.2. The topological polar surface area (TPSA) is 41.1 Å². The van der Waals surface area contributed by atoms with Crippen LogP contribution in [0.25, 0.3) is 0 Å². The largest absolute Gasteiger partial charge is 0.353 e. The van der Waals surface area contributed by atoms with Crippen molar-refractivity contribution in [2.75, 3.05) is 10.6 Å². The summed E-state index contributed by atoms with van der Waals surface area (Å²) in [6, 6.07) is 8.29. The van der Waals surface area contributed by atoms with Crippen LogP contribution in [0.5, 0.6) is 0 Å². The first-order chi connectivity index (χ1) is 9.47. The van der Waals surface area contributed by atoms with Crippen LogP contribution in [-0.2, 0) is 4.79 Å². The molecule has 0 aliphatic carbocycles. The molecule has 0 saturated heterocycles. The van der Waals surface area contributed by atoms with E-state index in [-0.39, 0.29) is 11.6 Å². The Hall–Kier alpha value is -2.50. The number of halogens is 3. The van der Waals surface area contributed by atoms with Gasteiger partial charge in [0.25, 0.3) is 0 Å². The normalized spacial score (nSPS) is 10.2. The first-order valence-corrected chi connectivity index (χ1v) is 5.75. The molecule has 0 unspecified atom stereocenters. The van der Waals surface area contributed by atoms with E-state index in [0.717, 1.165) is 12.1 Å². The average molecular weight is 280 g/mol. The van der Waals surface area contributed by atoms with E-state index >= 15 is 0 Å². The minimum Gasteiger partial charge on any atom is -0.353 e. The van der Waals surface area contributed by atoms with Crippen LogP contribution < -0.4 is 10.6 Å². The standard InChI is InChI=1S/C14H11F3N2O/c1-8(20)18-9-2-4-10(5-3-9)19-12-7-6-11(15)13(16)14(12)17/h2-7,19H,1H3,(H,18,20). The van der Waals surface area contributed by atoms with Crippen LogP contribution in [-0.4, -0.2) is 5.91 Å². The molecule has 0 radical (unpaired) electrons. The molecular formula is C14H11F3N2O. The molecule has 2 aromatic rings. The molecule has 6 heteroatoms. The number of rotatable bonds is 3. The predicted octanol–water partition coefficient (Wildman–Crippen LogP) is 3.81. The number of benzene rings is 2. The maximum absolute atomic E-state index is 13.5. The summed E-state index contributed by atoms with van der Waals surface area (Å²) in [6.07, 6.45) is 0. The maximum atomic E-state index is 13.5. The highest BCUT2D eigenvalue weighted by molar-refractivity contribution is 5.88. The van der Waals surface area contributed by atoms with Crippen LogP contribution in [0.15, 0.2) is 36.4 Å². The number of hydrogen-bond donors (Lipinski definition) is 2. The molecule has 1 amide bonds. The van der Waals surface area contributed by atoms with Crippen LogP contribution in [0.3, 0.4) is 0 Å². The van der Waals surface area contributed by atoms with E-state index in [1.807, 2.05) is 0 Å². The second-order valence-electron chi connectivity index (χ2n) is 4.11. The fraction of sp³-hybridized carbons (Fsp3) is 0.0714. The predicted molar refractivity (Wildman–Crippen MR) is 70.3 cm³/mol. The summed E-state index contributed by atoms with van der Waals surface area (Å²) in [5, 5.41) is 5.20. The lowest BCUT2D eigenvalue weighted by Gasteiger charge is -2.09. The van der Waals surface area contributed by atoms with Crippen LogP contribution in [0.4, 0.5) is 30.2 Å². The zero-order valence-corrected chi connectivity index (χ0v) is 10.5. The molecule has 104 valence electrons. The molecule has 0 saturated carbocycles. The molecule has 2 aromatic carbocycles. The average Bonchev–Trinajstić information content (AvgIpc) is 2.41. The van der Waals surface area contributed by atoms with Gasteiger partial charge in [-0.3, -0.25) is 4.79 Å². The molecule has 0 bridgehead atoms. The van der Waals surface area contributed by atoms with Gasteiger partial charge in [-0.05, 0) is 36.4 Å². The van der Waals surface area contributed by atoms with Gasteiger partial charge in [0, 0.05) is 18.3 Å². The quantitative estimate of drug-likeness (QED) is 0.839. The van der Waals surface area contributed by atoms with E-state index in [4.69, 9.17) is 0 Å². The number of carbonyl (C=O) groups is 1. The van der Waals surface area contributed by atoms with Crippen molar-refractivity contribution in [1.29, 1.82) is 0 Å². The monoisotopic (exact) mass is 280 g/mol. The second kappa shape index (κ2) is 5.64. The molecule has 0 spiro atoms. The molecule has 2 rings (SSSR count). The van der Waals surface area contributed by atoms with Gasteiger partial charge >= 0.3 is 0 Å². The van der Waals surface area contributed by atoms with Crippen molar-refractivity contribution >= 4 is 23.0 Å². The van der Waals surface area contributed by atoms with E-state index in [1.165, 1.54) is 6.92 Å². The molecule has 0 fully saturated rings. The summed E-state index contributed by atoms with van der Waals surface area (Å²) in [4.78, 5) is 10.8. The van der Waals surface area contributed by atoms with E-state index in [9.17, 15) is 18.0 Å². The molecule has 0 aliphatic heterocycles. The zero-order valence-electron chi connectivity index (χ0n) is 10.5. The van der Waals surface area contributed by atoms with Crippen molar-refractivity contribution in [3.8, 4) is 0 Å². The van der Waals surface area contributed by atoms with Gasteiger partial charge in [-0.25, -0.2) is 13.2 Å².